The molecule has 0 bridgehead atoms. The molecule has 1 saturated heterocycles. The number of para-hydroxylation sites is 1. The van der Waals surface area contributed by atoms with Gasteiger partial charge in [0.25, 0.3) is 5.91 Å². The molecule has 1 atom stereocenters. The summed E-state index contributed by atoms with van der Waals surface area (Å²) in [7, 11) is 5.37. The quantitative estimate of drug-likeness (QED) is 0.484. The van der Waals surface area contributed by atoms with Gasteiger partial charge in [-0.3, -0.25) is 9.59 Å². The Morgan fingerprint density at radius 1 is 1.23 bits per heavy atom. The molecule has 2 heterocycles. The second-order valence-corrected chi connectivity index (χ2v) is 8.70. The van der Waals surface area contributed by atoms with E-state index in [2.05, 4.69) is 20.6 Å². The number of fused-ring (bicyclic) bond motifs is 1. The number of methoxy groups -OCH3 is 1. The van der Waals surface area contributed by atoms with E-state index in [1.54, 1.807) is 35.4 Å². The van der Waals surface area contributed by atoms with Crippen molar-refractivity contribution in [3.8, 4) is 5.75 Å². The first kappa shape index (κ1) is 24.2. The lowest BCUT2D eigenvalue weighted by molar-refractivity contribution is -0.111. The maximum atomic E-state index is 13.1. The molecule has 3 aromatic rings. The molecule has 1 fully saturated rings. The molecule has 1 aliphatic rings. The number of nitrogens with one attached hydrogen (secondary N) is 2. The number of rotatable bonds is 8. The van der Waals surface area contributed by atoms with Crippen LogP contribution in [0.1, 0.15) is 16.8 Å². The van der Waals surface area contributed by atoms with Gasteiger partial charge in [0.15, 0.2) is 0 Å². The second-order valence-electron chi connectivity index (χ2n) is 8.70. The maximum absolute atomic E-state index is 13.1. The first-order valence-corrected chi connectivity index (χ1v) is 11.5. The van der Waals surface area contributed by atoms with E-state index in [4.69, 9.17) is 4.74 Å². The summed E-state index contributed by atoms with van der Waals surface area (Å²) in [5.41, 5.74) is 1.90. The molecule has 182 valence electrons. The van der Waals surface area contributed by atoms with Crippen LogP contribution in [-0.4, -0.2) is 78.5 Å². The van der Waals surface area contributed by atoms with Gasteiger partial charge in [0, 0.05) is 48.9 Å². The van der Waals surface area contributed by atoms with Crippen LogP contribution in [0.4, 0.5) is 11.6 Å². The van der Waals surface area contributed by atoms with Gasteiger partial charge in [-0.1, -0.05) is 24.3 Å². The van der Waals surface area contributed by atoms with Gasteiger partial charge in [0.05, 0.1) is 18.3 Å². The van der Waals surface area contributed by atoms with Crippen LogP contribution in [0, 0.1) is 0 Å². The number of hydrogen-bond acceptors (Lipinski definition) is 7. The molecule has 35 heavy (non-hydrogen) atoms. The van der Waals surface area contributed by atoms with Crippen molar-refractivity contribution < 1.29 is 14.3 Å². The van der Waals surface area contributed by atoms with E-state index in [9.17, 15) is 9.59 Å². The van der Waals surface area contributed by atoms with Crippen LogP contribution in [0.5, 0.6) is 5.75 Å². The van der Waals surface area contributed by atoms with Gasteiger partial charge in [0.2, 0.25) is 11.9 Å². The highest BCUT2D eigenvalue weighted by molar-refractivity contribution is 6.01. The van der Waals surface area contributed by atoms with Crippen LogP contribution in [-0.2, 0) is 4.79 Å². The average Bonchev–Trinajstić information content (AvgIpc) is 3.32. The average molecular weight is 475 g/mol. The van der Waals surface area contributed by atoms with E-state index in [-0.39, 0.29) is 17.9 Å². The number of benzene rings is 2. The monoisotopic (exact) mass is 474 g/mol. The molecule has 0 spiro atoms. The van der Waals surface area contributed by atoms with Gasteiger partial charge < -0.3 is 25.2 Å². The predicted molar refractivity (Wildman–Crippen MR) is 137 cm³/mol. The van der Waals surface area contributed by atoms with Gasteiger partial charge >= 0.3 is 0 Å². The number of amides is 2. The summed E-state index contributed by atoms with van der Waals surface area (Å²) in [5, 5.41) is 7.13. The zero-order chi connectivity index (χ0) is 24.8. The summed E-state index contributed by atoms with van der Waals surface area (Å²) >= 11 is 0. The fourth-order valence-electron chi connectivity index (χ4n) is 3.94. The molecule has 1 aliphatic heterocycles. The van der Waals surface area contributed by atoms with Gasteiger partial charge in [-0.2, -0.15) is 0 Å². The number of carbonyl (C=O) groups is 2. The van der Waals surface area contributed by atoms with E-state index in [1.165, 1.54) is 13.2 Å². The van der Waals surface area contributed by atoms with E-state index in [0.717, 1.165) is 17.3 Å². The van der Waals surface area contributed by atoms with Crippen LogP contribution >= 0.6 is 0 Å². The highest BCUT2D eigenvalue weighted by Gasteiger charge is 2.28. The minimum Gasteiger partial charge on any atom is -0.495 e. The fraction of sp³-hybridized carbons (Fsp3) is 0.308. The number of likely N-dealkylation sites (tertiary alicyclic amines) is 1. The number of aromatic nitrogens is 2. The van der Waals surface area contributed by atoms with E-state index < -0.39 is 0 Å². The Labute approximate surface area is 204 Å². The Kier molecular flexibility index (Phi) is 7.57. The molecular weight excluding hydrogens is 444 g/mol. The Morgan fingerprint density at radius 3 is 2.86 bits per heavy atom. The summed E-state index contributed by atoms with van der Waals surface area (Å²) in [6.45, 7) is 1.84. The molecule has 0 radical (unpaired) electrons. The lowest BCUT2D eigenvalue weighted by Gasteiger charge is -2.18. The first-order valence-electron chi connectivity index (χ1n) is 11.5. The smallest absolute Gasteiger partial charge is 0.254 e. The van der Waals surface area contributed by atoms with Crippen LogP contribution < -0.4 is 15.4 Å². The molecule has 4 rings (SSSR count). The van der Waals surface area contributed by atoms with Crippen molar-refractivity contribution >= 4 is 34.4 Å². The predicted octanol–water partition coefficient (Wildman–Crippen LogP) is 3.02. The molecule has 9 heteroatoms. The SMILES string of the molecule is COc1cc(C(=O)N2CCC(Nc3ncc4ccccc4n3)C2)ccc1NC(=O)/C=C/CN(C)C. The Bertz CT molecular complexity index is 1240. The van der Waals surface area contributed by atoms with Crippen LogP contribution in [0.15, 0.2) is 60.8 Å². The van der Waals surface area contributed by atoms with Crippen molar-refractivity contribution in [2.75, 3.05) is 51.5 Å². The van der Waals surface area contributed by atoms with Gasteiger partial charge in [0.1, 0.15) is 5.75 Å². The zero-order valence-corrected chi connectivity index (χ0v) is 20.2. The summed E-state index contributed by atoms with van der Waals surface area (Å²) in [6, 6.07) is 13.0. The molecule has 2 aromatic carbocycles. The number of ether oxygens (including phenoxy) is 1. The van der Waals surface area contributed by atoms with E-state index in [1.807, 2.05) is 43.3 Å². The Balaban J connectivity index is 1.38. The van der Waals surface area contributed by atoms with Crippen LogP contribution in [0.3, 0.4) is 0 Å². The Morgan fingerprint density at radius 2 is 2.06 bits per heavy atom. The summed E-state index contributed by atoms with van der Waals surface area (Å²) in [5.74, 6) is 0.650. The van der Waals surface area contributed by atoms with E-state index >= 15 is 0 Å². The molecule has 2 N–H and O–H groups in total. The Hall–Kier alpha value is -3.98. The highest BCUT2D eigenvalue weighted by atomic mass is 16.5. The summed E-state index contributed by atoms with van der Waals surface area (Å²) in [6.07, 6.45) is 5.86. The summed E-state index contributed by atoms with van der Waals surface area (Å²) in [4.78, 5) is 38.0. The minimum absolute atomic E-state index is 0.0644. The van der Waals surface area contributed by atoms with Crippen LogP contribution in [0.25, 0.3) is 10.9 Å². The second kappa shape index (κ2) is 11.0. The topological polar surface area (TPSA) is 99.7 Å². The fourth-order valence-corrected chi connectivity index (χ4v) is 3.94. The molecule has 2 amide bonds. The normalized spacial score (nSPS) is 15.7. The van der Waals surface area contributed by atoms with Gasteiger partial charge in [-0.15, -0.1) is 0 Å². The number of hydrogen-bond donors (Lipinski definition) is 2. The third kappa shape index (κ3) is 6.13. The minimum atomic E-state index is -0.256. The number of likely N-dealkylation sites (N-methyl/N-ethyl adjacent to an activating group) is 1. The zero-order valence-electron chi connectivity index (χ0n) is 20.2. The maximum Gasteiger partial charge on any atom is 0.254 e. The molecular formula is C26H30N6O3. The number of carbonyl (C=O) groups excluding carboxylic acids is 2. The third-order valence-electron chi connectivity index (χ3n) is 5.74. The largest absolute Gasteiger partial charge is 0.495 e. The molecule has 9 nitrogen and oxygen atoms in total. The number of anilines is 2. The van der Waals surface area contributed by atoms with Crippen molar-refractivity contribution in [3.63, 3.8) is 0 Å². The summed E-state index contributed by atoms with van der Waals surface area (Å²) < 4.78 is 5.43. The third-order valence-corrected chi connectivity index (χ3v) is 5.74. The van der Waals surface area contributed by atoms with Crippen molar-refractivity contribution in [1.82, 2.24) is 19.8 Å². The van der Waals surface area contributed by atoms with Crippen molar-refractivity contribution in [2.24, 2.45) is 0 Å². The molecule has 1 unspecified atom stereocenters. The lowest BCUT2D eigenvalue weighted by atomic mass is 10.1. The van der Waals surface area contributed by atoms with Crippen molar-refractivity contribution in [3.05, 3.63) is 66.4 Å². The molecule has 0 aliphatic carbocycles. The van der Waals surface area contributed by atoms with Crippen LogP contribution in [0.2, 0.25) is 0 Å². The van der Waals surface area contributed by atoms with E-state index in [0.29, 0.717) is 42.6 Å². The first-order chi connectivity index (χ1) is 16.9. The molecule has 0 saturated carbocycles. The van der Waals surface area contributed by atoms with Crippen molar-refractivity contribution in [2.45, 2.75) is 12.5 Å². The molecule has 1 aromatic heterocycles. The van der Waals surface area contributed by atoms with Gasteiger partial charge in [-0.05, 0) is 44.8 Å². The lowest BCUT2D eigenvalue weighted by Crippen LogP contribution is -2.31. The van der Waals surface area contributed by atoms with Gasteiger partial charge in [-0.25, -0.2) is 9.97 Å². The van der Waals surface area contributed by atoms with Crippen molar-refractivity contribution in [1.29, 1.82) is 0 Å². The highest BCUT2D eigenvalue weighted by Crippen LogP contribution is 2.27. The standard InChI is InChI=1S/C26H30N6O3/c1-31(2)13-6-9-24(33)29-22-11-10-18(15-23(22)35-3)25(34)32-14-12-20(17-32)28-26-27-16-19-7-4-5-8-21(19)30-26/h4-11,15-16,20H,12-14,17H2,1-3H3,(H,29,33)(H,27,28,30)/b9-6+. The number of nitrogens with zero attached hydrogens (tertiary/aromatic N) is 4.